The van der Waals surface area contributed by atoms with Crippen LogP contribution in [0.1, 0.15) is 5.56 Å². The summed E-state index contributed by atoms with van der Waals surface area (Å²) in [6.07, 6.45) is 2.84. The molecule has 1 aromatic carbocycles. The van der Waals surface area contributed by atoms with Gasteiger partial charge in [-0.05, 0) is 24.6 Å². The Morgan fingerprint density at radius 2 is 1.79 bits per heavy atom. The van der Waals surface area contributed by atoms with E-state index in [1.807, 2.05) is 0 Å². The topological polar surface area (TPSA) is 58.9 Å². The number of benzene rings is 1. The van der Waals surface area contributed by atoms with Gasteiger partial charge in [-0.15, -0.1) is 0 Å². The molecule has 0 heterocycles. The van der Waals surface area contributed by atoms with Crippen LogP contribution in [0.4, 0.5) is 11.4 Å². The minimum atomic E-state index is 0. The van der Waals surface area contributed by atoms with Gasteiger partial charge in [-0.1, -0.05) is 6.07 Å². The second kappa shape index (κ2) is 6.44. The van der Waals surface area contributed by atoms with Gasteiger partial charge >= 0.3 is 29.6 Å². The van der Waals surface area contributed by atoms with Crippen molar-refractivity contribution in [2.75, 3.05) is 0 Å². The van der Waals surface area contributed by atoms with E-state index in [1.165, 1.54) is 18.2 Å². The van der Waals surface area contributed by atoms with Crippen LogP contribution in [-0.4, -0.2) is 41.7 Å². The van der Waals surface area contributed by atoms with Crippen molar-refractivity contribution in [1.82, 2.24) is 0 Å². The Hall–Kier alpha value is -1.02. The zero-order valence-electron chi connectivity index (χ0n) is 6.94. The van der Waals surface area contributed by atoms with Gasteiger partial charge in [-0.2, -0.15) is 9.98 Å². The third kappa shape index (κ3) is 3.38. The molecule has 66 valence electrons. The first-order chi connectivity index (χ1) is 6.27. The van der Waals surface area contributed by atoms with E-state index in [4.69, 9.17) is 0 Å². The van der Waals surface area contributed by atoms with Crippen molar-refractivity contribution in [2.45, 2.75) is 6.92 Å². The van der Waals surface area contributed by atoms with Gasteiger partial charge < -0.3 is 0 Å². The van der Waals surface area contributed by atoms with E-state index in [0.717, 1.165) is 5.56 Å². The van der Waals surface area contributed by atoms with Gasteiger partial charge in [0.05, 0.1) is 11.4 Å². The zero-order chi connectivity index (χ0) is 9.68. The molecule has 0 spiro atoms. The number of rotatable bonds is 2. The molecule has 0 N–H and O–H groups in total. The zero-order valence-corrected chi connectivity index (χ0v) is 6.94. The van der Waals surface area contributed by atoms with Crippen LogP contribution in [0.5, 0.6) is 0 Å². The second-order valence-corrected chi connectivity index (χ2v) is 2.38. The van der Waals surface area contributed by atoms with Crippen LogP contribution in [0.15, 0.2) is 28.2 Å². The van der Waals surface area contributed by atoms with Crippen molar-refractivity contribution in [1.29, 1.82) is 0 Å². The van der Waals surface area contributed by atoms with Crippen LogP contribution >= 0.6 is 0 Å². The fourth-order valence-electron chi connectivity index (χ4n) is 0.890. The molecule has 1 rings (SSSR count). The molecule has 0 bridgehead atoms. The molecule has 0 fully saturated rings. The Morgan fingerprint density at radius 1 is 1.14 bits per heavy atom. The standard InChI is InChI=1S/C9H6N2O2.Na.H/c1-7-2-3-8(10-5-12)4-9(7)11-6-13;;/h2-4H,1H3;;. The summed E-state index contributed by atoms with van der Waals surface area (Å²) in [6.45, 7) is 1.80. The number of hydrogen-bond donors (Lipinski definition) is 0. The SMILES string of the molecule is Cc1ccc(N=C=O)cc1N=C=O.[NaH]. The summed E-state index contributed by atoms with van der Waals surface area (Å²) in [4.78, 5) is 26.8. The average molecular weight is 198 g/mol. The van der Waals surface area contributed by atoms with Crippen molar-refractivity contribution in [2.24, 2.45) is 9.98 Å². The number of hydrogen-bond acceptors (Lipinski definition) is 4. The molecular formula is C9H7N2NaO2. The molecule has 1 aromatic rings. The summed E-state index contributed by atoms with van der Waals surface area (Å²) in [6, 6.07) is 4.88. The van der Waals surface area contributed by atoms with Gasteiger partial charge in [0.1, 0.15) is 0 Å². The van der Waals surface area contributed by atoms with Crippen LogP contribution < -0.4 is 0 Å². The molecule has 0 aliphatic heterocycles. The normalized spacial score (nSPS) is 7.79. The Labute approximate surface area is 103 Å². The van der Waals surface area contributed by atoms with E-state index in [2.05, 4.69) is 9.98 Å². The van der Waals surface area contributed by atoms with Gasteiger partial charge in [0.15, 0.2) is 0 Å². The number of aliphatic imine (C=N–C) groups is 2. The molecule has 0 aromatic heterocycles. The van der Waals surface area contributed by atoms with Gasteiger partial charge in [-0.25, -0.2) is 9.59 Å². The molecule has 0 aliphatic rings. The first-order valence-electron chi connectivity index (χ1n) is 3.54. The average Bonchev–Trinajstić information content (AvgIpc) is 2.12. The molecule has 0 amide bonds. The predicted octanol–water partition coefficient (Wildman–Crippen LogP) is 1.28. The van der Waals surface area contributed by atoms with Crippen molar-refractivity contribution < 1.29 is 9.59 Å². The molecule has 0 aliphatic carbocycles. The predicted molar refractivity (Wildman–Crippen MR) is 53.9 cm³/mol. The van der Waals surface area contributed by atoms with Crippen molar-refractivity contribution in [3.63, 3.8) is 0 Å². The van der Waals surface area contributed by atoms with Crippen LogP contribution in [0, 0.1) is 6.92 Å². The molecule has 5 heteroatoms. The number of nitrogens with zero attached hydrogens (tertiary/aromatic N) is 2. The molecule has 0 saturated carbocycles. The number of aryl methyl sites for hydroxylation is 1. The van der Waals surface area contributed by atoms with Gasteiger partial charge in [0.25, 0.3) is 0 Å². The van der Waals surface area contributed by atoms with E-state index < -0.39 is 0 Å². The maximum absolute atomic E-state index is 10.00. The molecule has 14 heavy (non-hydrogen) atoms. The fraction of sp³-hybridized carbons (Fsp3) is 0.111. The van der Waals surface area contributed by atoms with Gasteiger partial charge in [0, 0.05) is 0 Å². The molecule has 4 nitrogen and oxygen atoms in total. The summed E-state index contributed by atoms with van der Waals surface area (Å²) in [7, 11) is 0. The van der Waals surface area contributed by atoms with Crippen molar-refractivity contribution in [3.8, 4) is 0 Å². The van der Waals surface area contributed by atoms with E-state index in [1.54, 1.807) is 19.1 Å². The van der Waals surface area contributed by atoms with E-state index >= 15 is 0 Å². The quantitative estimate of drug-likeness (QED) is 0.408. The van der Waals surface area contributed by atoms with Crippen LogP contribution in [0.2, 0.25) is 0 Å². The van der Waals surface area contributed by atoms with Crippen LogP contribution in [-0.2, 0) is 9.59 Å². The Bertz CT molecular complexity index is 419. The Balaban J connectivity index is 0.00000169. The third-order valence-electron chi connectivity index (χ3n) is 1.53. The Morgan fingerprint density at radius 3 is 2.36 bits per heavy atom. The molecule has 0 saturated heterocycles. The first-order valence-corrected chi connectivity index (χ1v) is 3.54. The number of isocyanates is 2. The van der Waals surface area contributed by atoms with Crippen molar-refractivity contribution in [3.05, 3.63) is 23.8 Å². The monoisotopic (exact) mass is 198 g/mol. The third-order valence-corrected chi connectivity index (χ3v) is 1.53. The molecule has 0 radical (unpaired) electrons. The van der Waals surface area contributed by atoms with E-state index in [-0.39, 0.29) is 29.6 Å². The van der Waals surface area contributed by atoms with Crippen LogP contribution in [0.3, 0.4) is 0 Å². The summed E-state index contributed by atoms with van der Waals surface area (Å²) in [5.74, 6) is 0. The second-order valence-electron chi connectivity index (χ2n) is 2.38. The summed E-state index contributed by atoms with van der Waals surface area (Å²) in [5.41, 5.74) is 1.72. The van der Waals surface area contributed by atoms with E-state index in [9.17, 15) is 9.59 Å². The molecule has 0 atom stereocenters. The fourth-order valence-corrected chi connectivity index (χ4v) is 0.890. The van der Waals surface area contributed by atoms with Gasteiger partial charge in [0.2, 0.25) is 12.2 Å². The number of carbonyl (C=O) groups excluding carboxylic acids is 2. The van der Waals surface area contributed by atoms with Crippen molar-refractivity contribution >= 4 is 53.1 Å². The summed E-state index contributed by atoms with van der Waals surface area (Å²) >= 11 is 0. The summed E-state index contributed by atoms with van der Waals surface area (Å²) < 4.78 is 0. The Kier molecular flexibility index (Phi) is 5.97. The molecular weight excluding hydrogens is 191 g/mol. The molecule has 0 unspecified atom stereocenters. The first kappa shape index (κ1) is 13.0. The maximum atomic E-state index is 10.00. The van der Waals surface area contributed by atoms with Crippen LogP contribution in [0.25, 0.3) is 0 Å². The summed E-state index contributed by atoms with van der Waals surface area (Å²) in [5, 5.41) is 0. The van der Waals surface area contributed by atoms with Gasteiger partial charge in [-0.3, -0.25) is 0 Å². The minimum absolute atomic E-state index is 0. The van der Waals surface area contributed by atoms with E-state index in [0.29, 0.717) is 11.4 Å².